The molecule has 1 amide bonds. The predicted molar refractivity (Wildman–Crippen MR) is 83.4 cm³/mol. The van der Waals surface area contributed by atoms with Gasteiger partial charge in [0.2, 0.25) is 0 Å². The molecule has 0 bridgehead atoms. The molecule has 2 aromatic rings. The zero-order chi connectivity index (χ0) is 16.5. The van der Waals surface area contributed by atoms with Gasteiger partial charge in [-0.1, -0.05) is 6.07 Å². The molecule has 0 aliphatic heterocycles. The van der Waals surface area contributed by atoms with Gasteiger partial charge < -0.3 is 5.32 Å². The van der Waals surface area contributed by atoms with Crippen molar-refractivity contribution < 1.29 is 17.6 Å². The number of anilines is 1. The van der Waals surface area contributed by atoms with Crippen LogP contribution in [0.25, 0.3) is 0 Å². The van der Waals surface area contributed by atoms with E-state index in [0.717, 1.165) is 35.6 Å². The van der Waals surface area contributed by atoms with E-state index in [2.05, 4.69) is 5.32 Å². The summed E-state index contributed by atoms with van der Waals surface area (Å²) in [6.45, 7) is 3.79. The third-order valence-corrected chi connectivity index (χ3v) is 4.49. The van der Waals surface area contributed by atoms with Gasteiger partial charge in [0.05, 0.1) is 10.6 Å². The molecule has 0 unspecified atom stereocenters. The summed E-state index contributed by atoms with van der Waals surface area (Å²) in [7, 11) is -3.47. The van der Waals surface area contributed by atoms with Gasteiger partial charge in [-0.2, -0.15) is 0 Å². The first-order valence-corrected chi connectivity index (χ1v) is 8.46. The predicted octanol–water partition coefficient (Wildman–Crippen LogP) is 3.10. The molecule has 4 nitrogen and oxygen atoms in total. The molecule has 2 aromatic carbocycles. The van der Waals surface area contributed by atoms with E-state index < -0.39 is 21.6 Å². The van der Waals surface area contributed by atoms with Gasteiger partial charge in [-0.15, -0.1) is 0 Å². The SMILES string of the molecule is Cc1ccc(C(=O)Nc2cc(S(C)(=O)=O)ccc2F)cc1C. The fourth-order valence-corrected chi connectivity index (χ4v) is 2.56. The third kappa shape index (κ3) is 3.51. The number of nitrogens with one attached hydrogen (secondary N) is 1. The van der Waals surface area contributed by atoms with Crippen LogP contribution in [0.1, 0.15) is 21.5 Å². The Morgan fingerprint density at radius 3 is 2.32 bits per heavy atom. The van der Waals surface area contributed by atoms with Crippen molar-refractivity contribution in [1.29, 1.82) is 0 Å². The molecule has 116 valence electrons. The molecule has 0 saturated carbocycles. The Balaban J connectivity index is 2.33. The van der Waals surface area contributed by atoms with Gasteiger partial charge in [0.25, 0.3) is 5.91 Å². The molecule has 0 fully saturated rings. The van der Waals surface area contributed by atoms with Crippen molar-refractivity contribution in [2.24, 2.45) is 0 Å². The molecule has 0 heterocycles. The van der Waals surface area contributed by atoms with E-state index in [1.165, 1.54) is 0 Å². The van der Waals surface area contributed by atoms with Crippen molar-refractivity contribution in [3.8, 4) is 0 Å². The van der Waals surface area contributed by atoms with Gasteiger partial charge in [0, 0.05) is 11.8 Å². The van der Waals surface area contributed by atoms with Gasteiger partial charge >= 0.3 is 0 Å². The van der Waals surface area contributed by atoms with Crippen molar-refractivity contribution >= 4 is 21.4 Å². The average molecular weight is 321 g/mol. The average Bonchev–Trinajstić information content (AvgIpc) is 2.43. The number of aryl methyl sites for hydroxylation is 2. The highest BCUT2D eigenvalue weighted by molar-refractivity contribution is 7.90. The van der Waals surface area contributed by atoms with Crippen LogP contribution in [0, 0.1) is 19.7 Å². The third-order valence-electron chi connectivity index (χ3n) is 3.38. The monoisotopic (exact) mass is 321 g/mol. The number of hydrogen-bond donors (Lipinski definition) is 1. The molecular weight excluding hydrogens is 305 g/mol. The van der Waals surface area contributed by atoms with Crippen LogP contribution in [-0.4, -0.2) is 20.6 Å². The zero-order valence-electron chi connectivity index (χ0n) is 12.5. The fourth-order valence-electron chi connectivity index (χ4n) is 1.91. The minimum Gasteiger partial charge on any atom is -0.319 e. The topological polar surface area (TPSA) is 63.2 Å². The summed E-state index contributed by atoms with van der Waals surface area (Å²) >= 11 is 0. The largest absolute Gasteiger partial charge is 0.319 e. The Kier molecular flexibility index (Phi) is 4.32. The maximum atomic E-state index is 13.8. The molecule has 0 aliphatic rings. The second-order valence-electron chi connectivity index (χ2n) is 5.17. The Morgan fingerprint density at radius 2 is 1.73 bits per heavy atom. The van der Waals surface area contributed by atoms with E-state index in [-0.39, 0.29) is 10.6 Å². The normalized spacial score (nSPS) is 11.3. The quantitative estimate of drug-likeness (QED) is 0.884. The number of carbonyl (C=O) groups is 1. The lowest BCUT2D eigenvalue weighted by Gasteiger charge is -2.09. The van der Waals surface area contributed by atoms with Gasteiger partial charge in [-0.3, -0.25) is 4.79 Å². The van der Waals surface area contributed by atoms with E-state index in [9.17, 15) is 17.6 Å². The molecule has 0 aromatic heterocycles. The molecule has 22 heavy (non-hydrogen) atoms. The Morgan fingerprint density at radius 1 is 1.05 bits per heavy atom. The number of hydrogen-bond acceptors (Lipinski definition) is 3. The molecule has 2 rings (SSSR count). The second-order valence-corrected chi connectivity index (χ2v) is 7.18. The smallest absolute Gasteiger partial charge is 0.255 e. The van der Waals surface area contributed by atoms with Gasteiger partial charge in [0.1, 0.15) is 5.82 Å². The fraction of sp³-hybridized carbons (Fsp3) is 0.188. The minimum atomic E-state index is -3.47. The van der Waals surface area contributed by atoms with Gasteiger partial charge in [0.15, 0.2) is 9.84 Å². The number of sulfone groups is 1. The summed E-state index contributed by atoms with van der Waals surface area (Å²) in [6.07, 6.45) is 1.02. The molecule has 1 N–H and O–H groups in total. The van der Waals surface area contributed by atoms with Gasteiger partial charge in [-0.05, 0) is 55.3 Å². The lowest BCUT2D eigenvalue weighted by Crippen LogP contribution is -2.14. The lowest BCUT2D eigenvalue weighted by molar-refractivity contribution is 0.102. The maximum absolute atomic E-state index is 13.8. The summed E-state index contributed by atoms with van der Waals surface area (Å²) in [5, 5.41) is 2.41. The summed E-state index contributed by atoms with van der Waals surface area (Å²) in [4.78, 5) is 12.1. The molecule has 0 saturated heterocycles. The van der Waals surface area contributed by atoms with Crippen LogP contribution in [-0.2, 0) is 9.84 Å². The number of halogens is 1. The van der Waals surface area contributed by atoms with Crippen molar-refractivity contribution in [3.63, 3.8) is 0 Å². The Bertz CT molecular complexity index is 844. The molecule has 0 spiro atoms. The summed E-state index contributed by atoms with van der Waals surface area (Å²) < 4.78 is 36.8. The summed E-state index contributed by atoms with van der Waals surface area (Å²) in [5.41, 5.74) is 2.21. The van der Waals surface area contributed by atoms with E-state index in [0.29, 0.717) is 5.56 Å². The van der Waals surface area contributed by atoms with E-state index >= 15 is 0 Å². The molecule has 0 atom stereocenters. The Hall–Kier alpha value is -2.21. The zero-order valence-corrected chi connectivity index (χ0v) is 13.3. The number of benzene rings is 2. The van der Waals surface area contributed by atoms with Crippen molar-refractivity contribution in [3.05, 3.63) is 58.9 Å². The number of rotatable bonds is 3. The highest BCUT2D eigenvalue weighted by Crippen LogP contribution is 2.20. The van der Waals surface area contributed by atoms with Crippen LogP contribution in [0.2, 0.25) is 0 Å². The second kappa shape index (κ2) is 5.88. The van der Waals surface area contributed by atoms with Crippen LogP contribution in [0.4, 0.5) is 10.1 Å². The lowest BCUT2D eigenvalue weighted by atomic mass is 10.1. The van der Waals surface area contributed by atoms with E-state index in [4.69, 9.17) is 0 Å². The summed E-state index contributed by atoms with van der Waals surface area (Å²) in [6, 6.07) is 8.43. The standard InChI is InChI=1S/C16H16FNO3S/c1-10-4-5-12(8-11(10)2)16(19)18-15-9-13(22(3,20)21)6-7-14(15)17/h4-9H,1-3H3,(H,18,19). The van der Waals surface area contributed by atoms with Crippen LogP contribution >= 0.6 is 0 Å². The highest BCUT2D eigenvalue weighted by Gasteiger charge is 2.14. The first-order chi connectivity index (χ1) is 10.2. The number of amides is 1. The molecule has 0 aliphatic carbocycles. The highest BCUT2D eigenvalue weighted by atomic mass is 32.2. The van der Waals surface area contributed by atoms with Crippen LogP contribution in [0.5, 0.6) is 0 Å². The summed E-state index contributed by atoms with van der Waals surface area (Å²) in [5.74, 6) is -1.18. The van der Waals surface area contributed by atoms with Crippen molar-refractivity contribution in [2.45, 2.75) is 18.7 Å². The van der Waals surface area contributed by atoms with E-state index in [1.54, 1.807) is 18.2 Å². The molecule has 6 heteroatoms. The van der Waals surface area contributed by atoms with E-state index in [1.807, 2.05) is 13.8 Å². The van der Waals surface area contributed by atoms with Crippen LogP contribution in [0.3, 0.4) is 0 Å². The number of carbonyl (C=O) groups excluding carboxylic acids is 1. The minimum absolute atomic E-state index is 0.0516. The van der Waals surface area contributed by atoms with Crippen LogP contribution in [0.15, 0.2) is 41.3 Å². The molecular formula is C16H16FNO3S. The van der Waals surface area contributed by atoms with Crippen molar-refractivity contribution in [2.75, 3.05) is 11.6 Å². The van der Waals surface area contributed by atoms with Gasteiger partial charge in [-0.25, -0.2) is 12.8 Å². The first kappa shape index (κ1) is 16.2. The maximum Gasteiger partial charge on any atom is 0.255 e. The van der Waals surface area contributed by atoms with Crippen LogP contribution < -0.4 is 5.32 Å². The first-order valence-electron chi connectivity index (χ1n) is 6.56. The van der Waals surface area contributed by atoms with Crippen molar-refractivity contribution in [1.82, 2.24) is 0 Å². The molecule has 0 radical (unpaired) electrons. The Labute approximate surface area is 128 Å².